The third kappa shape index (κ3) is 51.4. The molecule has 3 N–H and O–H groups in total. The Morgan fingerprint density at radius 3 is 0.682 bits per heavy atom. The van der Waals surface area contributed by atoms with Gasteiger partial charge in [0.1, 0.15) is 0 Å². The van der Waals surface area contributed by atoms with Crippen LogP contribution in [0.1, 0.15) is 41.5 Å². The number of hydrogen-bond donors (Lipinski definition) is 3. The molecule has 6 nitrogen and oxygen atoms in total. The van der Waals surface area contributed by atoms with Gasteiger partial charge < -0.3 is 15.3 Å². The second-order valence-corrected chi connectivity index (χ2v) is 4.19. The van der Waals surface area contributed by atoms with E-state index in [-0.39, 0.29) is 60.5 Å². The first-order valence-electron chi connectivity index (χ1n) is 6.02. The van der Waals surface area contributed by atoms with E-state index in [1.54, 1.807) is 0 Å². The molecule has 0 bridgehead atoms. The molecular weight excluding hydrogens is 321 g/mol. The van der Waals surface area contributed by atoms with Crippen molar-refractivity contribution in [3.63, 3.8) is 0 Å². The second-order valence-electron chi connectivity index (χ2n) is 4.19. The van der Waals surface area contributed by atoms with E-state index in [2.05, 4.69) is 0 Å². The zero-order chi connectivity index (χ0) is 17.6. The molecule has 0 spiro atoms. The molecule has 0 aromatic heterocycles. The van der Waals surface area contributed by atoms with E-state index in [0.717, 1.165) is 0 Å². The number of hydrogen-bond acceptors (Lipinski definition) is 6. The van der Waals surface area contributed by atoms with Crippen LogP contribution in [-0.2, 0) is 40.2 Å². The molecule has 0 aliphatic carbocycles. The molecule has 0 aliphatic rings. The summed E-state index contributed by atoms with van der Waals surface area (Å²) in [4.78, 5) is 30.1. The number of ketones is 3. The molecule has 0 atom stereocenters. The Bertz CT molecular complexity index is 368. The molecule has 0 aromatic carbocycles. The number of rotatable bonds is 3. The average Bonchev–Trinajstić information content (AvgIpc) is 2.10. The Morgan fingerprint density at radius 2 is 0.682 bits per heavy atom. The van der Waals surface area contributed by atoms with Gasteiger partial charge in [-0.1, -0.05) is 0 Å². The molecule has 0 amide bonds. The average molecular weight is 345 g/mol. The van der Waals surface area contributed by atoms with Gasteiger partial charge in [-0.05, 0) is 41.5 Å². The van der Waals surface area contributed by atoms with E-state index in [4.69, 9.17) is 15.3 Å². The molecule has 0 unspecified atom stereocenters. The summed E-state index contributed by atoms with van der Waals surface area (Å²) in [6.45, 7) is 8.54. The standard InChI is InChI=1S/3C5H8O2.Sc/c3*1-4(6)3-5(2)7;/h3*3,6H,1-2H3;/b3*4-3+;. The van der Waals surface area contributed by atoms with Crippen LogP contribution in [0.5, 0.6) is 0 Å². The Balaban J connectivity index is -0.000000108. The van der Waals surface area contributed by atoms with Gasteiger partial charge in [-0.3, -0.25) is 14.4 Å². The van der Waals surface area contributed by atoms with Crippen LogP contribution in [0.2, 0.25) is 0 Å². The fourth-order valence-electron chi connectivity index (χ4n) is 0.882. The van der Waals surface area contributed by atoms with E-state index in [1.165, 1.54) is 59.8 Å². The SMILES string of the molecule is CC(=O)/C=C(\C)O.CC(=O)/C=C(\C)O.CC(=O)/C=C(\C)O.[Sc]. The number of carbonyl (C=O) groups excluding carboxylic acids is 3. The minimum atomic E-state index is -0.125. The van der Waals surface area contributed by atoms with Crippen molar-refractivity contribution in [2.75, 3.05) is 0 Å². The Hall–Kier alpha value is -1.50. The van der Waals surface area contributed by atoms with Crippen LogP contribution in [-0.4, -0.2) is 32.7 Å². The van der Waals surface area contributed by atoms with Gasteiger partial charge in [-0.15, -0.1) is 0 Å². The van der Waals surface area contributed by atoms with E-state index >= 15 is 0 Å². The van der Waals surface area contributed by atoms with Gasteiger partial charge in [0, 0.05) is 44.1 Å². The van der Waals surface area contributed by atoms with Gasteiger partial charge in [0.2, 0.25) is 0 Å². The van der Waals surface area contributed by atoms with Crippen molar-refractivity contribution in [2.45, 2.75) is 41.5 Å². The molecule has 0 aliphatic heterocycles. The van der Waals surface area contributed by atoms with Crippen LogP contribution >= 0.6 is 0 Å². The molecule has 0 rings (SSSR count). The topological polar surface area (TPSA) is 112 Å². The summed E-state index contributed by atoms with van der Waals surface area (Å²) in [5.74, 6) is -0.187. The monoisotopic (exact) mass is 345 g/mol. The summed E-state index contributed by atoms with van der Waals surface area (Å²) in [6, 6.07) is 0. The second kappa shape index (κ2) is 17.6. The van der Waals surface area contributed by atoms with Gasteiger partial charge in [-0.25, -0.2) is 0 Å². The van der Waals surface area contributed by atoms with E-state index in [1.807, 2.05) is 0 Å². The Morgan fingerprint density at radius 1 is 0.545 bits per heavy atom. The fraction of sp³-hybridized carbons (Fsp3) is 0.400. The molecule has 1 radical (unpaired) electrons. The minimum Gasteiger partial charge on any atom is -0.512 e. The maximum absolute atomic E-state index is 10.0. The van der Waals surface area contributed by atoms with Gasteiger partial charge >= 0.3 is 0 Å². The number of allylic oxidation sites excluding steroid dienone is 6. The summed E-state index contributed by atoms with van der Waals surface area (Å²) >= 11 is 0. The van der Waals surface area contributed by atoms with Crippen molar-refractivity contribution in [3.05, 3.63) is 35.5 Å². The summed E-state index contributed by atoms with van der Waals surface area (Å²) in [5.41, 5.74) is 0. The van der Waals surface area contributed by atoms with Crippen LogP contribution in [0.25, 0.3) is 0 Å². The summed E-state index contributed by atoms with van der Waals surface area (Å²) in [7, 11) is 0. The quantitative estimate of drug-likeness (QED) is 0.535. The van der Waals surface area contributed by atoms with Crippen molar-refractivity contribution in [3.8, 4) is 0 Å². The largest absolute Gasteiger partial charge is 0.512 e. The molecule has 0 heterocycles. The van der Waals surface area contributed by atoms with Crippen LogP contribution in [0.15, 0.2) is 35.5 Å². The maximum Gasteiger partial charge on any atom is 0.155 e. The van der Waals surface area contributed by atoms with Gasteiger partial charge in [0.15, 0.2) is 17.3 Å². The van der Waals surface area contributed by atoms with Crippen molar-refractivity contribution >= 4 is 17.3 Å². The first-order chi connectivity index (χ1) is 9.38. The maximum atomic E-state index is 10.0. The molecule has 0 aromatic rings. The molecule has 7 heteroatoms. The van der Waals surface area contributed by atoms with E-state index in [0.29, 0.717) is 0 Å². The van der Waals surface area contributed by atoms with E-state index in [9.17, 15) is 14.4 Å². The fourth-order valence-corrected chi connectivity index (χ4v) is 0.882. The molecular formula is C15H24O6Sc. The van der Waals surface area contributed by atoms with Crippen molar-refractivity contribution in [1.29, 1.82) is 0 Å². The summed E-state index contributed by atoms with van der Waals surface area (Å²) < 4.78 is 0. The Kier molecular flexibility index (Phi) is 22.8. The minimum absolute atomic E-state index is 0. The molecule has 0 saturated carbocycles. The third-order valence-electron chi connectivity index (χ3n) is 1.24. The number of carbonyl (C=O) groups is 3. The van der Waals surface area contributed by atoms with Crippen molar-refractivity contribution < 1.29 is 55.5 Å². The number of aliphatic hydroxyl groups excluding tert-OH is 3. The van der Waals surface area contributed by atoms with Gasteiger partial charge in [-0.2, -0.15) is 0 Å². The predicted molar refractivity (Wildman–Crippen MR) is 81.2 cm³/mol. The first-order valence-corrected chi connectivity index (χ1v) is 6.02. The Labute approximate surface area is 150 Å². The smallest absolute Gasteiger partial charge is 0.155 e. The van der Waals surface area contributed by atoms with Gasteiger partial charge in [0.05, 0.1) is 17.3 Å². The molecule has 22 heavy (non-hydrogen) atoms. The van der Waals surface area contributed by atoms with Crippen LogP contribution in [0, 0.1) is 0 Å². The first kappa shape index (κ1) is 28.6. The molecule has 123 valence electrons. The summed E-state index contributed by atoms with van der Waals surface area (Å²) in [5, 5.41) is 25.1. The van der Waals surface area contributed by atoms with Crippen LogP contribution in [0.4, 0.5) is 0 Å². The molecule has 0 saturated heterocycles. The predicted octanol–water partition coefficient (Wildman–Crippen LogP) is 3.11. The number of aliphatic hydroxyl groups is 3. The zero-order valence-corrected chi connectivity index (χ0v) is 15.7. The van der Waals surface area contributed by atoms with Crippen molar-refractivity contribution in [1.82, 2.24) is 0 Å². The van der Waals surface area contributed by atoms with Crippen LogP contribution in [0.3, 0.4) is 0 Å². The molecule has 0 fully saturated rings. The van der Waals surface area contributed by atoms with Crippen LogP contribution < -0.4 is 0 Å². The van der Waals surface area contributed by atoms with Gasteiger partial charge in [0.25, 0.3) is 0 Å². The van der Waals surface area contributed by atoms with E-state index < -0.39 is 0 Å². The summed E-state index contributed by atoms with van der Waals surface area (Å²) in [6.07, 6.45) is 3.50. The zero-order valence-electron chi connectivity index (χ0n) is 13.9. The van der Waals surface area contributed by atoms with Crippen molar-refractivity contribution in [2.24, 2.45) is 0 Å². The normalized spacial score (nSPS) is 10.9. The third-order valence-corrected chi connectivity index (χ3v) is 1.24.